The zero-order valence-electron chi connectivity index (χ0n) is 28.3. The maximum absolute atomic E-state index is 13.5. The van der Waals surface area contributed by atoms with Crippen LogP contribution in [0.15, 0.2) is 4.99 Å². The Kier molecular flexibility index (Phi) is 13.0. The van der Waals surface area contributed by atoms with Crippen LogP contribution in [0.2, 0.25) is 0 Å². The average Bonchev–Trinajstić information content (AvgIpc) is 2.91. The Labute approximate surface area is 254 Å². The van der Waals surface area contributed by atoms with Crippen LogP contribution in [0.1, 0.15) is 81.6 Å². The fourth-order valence-corrected chi connectivity index (χ4v) is 7.26. The number of aliphatic imine (C=N–C) groups is 1. The molecular formula is C32H60N2O8. The average molecular weight is 601 g/mol. The molecule has 42 heavy (non-hydrogen) atoms. The number of hydrogen-bond donors (Lipinski definition) is 3. The first-order valence-corrected chi connectivity index (χ1v) is 15.6. The number of aliphatic hydroxyl groups is 3. The minimum atomic E-state index is -1.71. The van der Waals surface area contributed by atoms with Crippen molar-refractivity contribution in [2.45, 2.75) is 136 Å². The van der Waals surface area contributed by atoms with Crippen LogP contribution in [-0.2, 0) is 23.7 Å². The standard InChI is InChI=1S/C32H60N2O8/c1-14-24-32(9,38)27(35)22(7)25(33-10)17(2)16-31(8,37)28(20(5)19(4)21(6)29(36)41-24)42-30-26(39-13)23(34(11)12)15-18(3)40-30/h17-24,26-28,30,35,37-38H,14-16H2,1-13H3/b33-25+/t17-,18-,19+,20+,21-,22+,23+,24-,26-,27-,28-,30+,31-,32-/m1/s1. The highest BCUT2D eigenvalue weighted by Crippen LogP contribution is 2.39. The summed E-state index contributed by atoms with van der Waals surface area (Å²) in [6.45, 7) is 16.6. The van der Waals surface area contributed by atoms with Gasteiger partial charge < -0.3 is 39.2 Å². The highest BCUT2D eigenvalue weighted by molar-refractivity contribution is 5.89. The third kappa shape index (κ3) is 7.92. The fraction of sp³-hybridized carbons (Fsp3) is 0.938. The summed E-state index contributed by atoms with van der Waals surface area (Å²) in [4.78, 5) is 20.1. The quantitative estimate of drug-likeness (QED) is 0.407. The molecule has 0 radical (unpaired) electrons. The Morgan fingerprint density at radius 2 is 1.64 bits per heavy atom. The molecule has 0 spiro atoms. The number of cyclic esters (lactones) is 1. The van der Waals surface area contributed by atoms with E-state index in [1.165, 1.54) is 6.92 Å². The van der Waals surface area contributed by atoms with Crippen LogP contribution < -0.4 is 0 Å². The summed E-state index contributed by atoms with van der Waals surface area (Å²) in [5, 5.41) is 35.1. The zero-order chi connectivity index (χ0) is 32.3. The van der Waals surface area contributed by atoms with E-state index < -0.39 is 59.7 Å². The van der Waals surface area contributed by atoms with E-state index in [-0.39, 0.29) is 36.3 Å². The number of methoxy groups -OCH3 is 1. The van der Waals surface area contributed by atoms with Crippen LogP contribution in [-0.4, -0.2) is 114 Å². The zero-order valence-corrected chi connectivity index (χ0v) is 28.3. The maximum atomic E-state index is 13.5. The molecule has 0 aromatic heterocycles. The number of rotatable bonds is 5. The van der Waals surface area contributed by atoms with Crippen LogP contribution in [0.25, 0.3) is 0 Å². The summed E-state index contributed by atoms with van der Waals surface area (Å²) in [6, 6.07) is 0.0488. The molecule has 0 unspecified atom stereocenters. The summed E-state index contributed by atoms with van der Waals surface area (Å²) in [5.74, 6) is -2.46. The molecule has 2 aliphatic heterocycles. The summed E-state index contributed by atoms with van der Waals surface area (Å²) in [7, 11) is 7.31. The normalized spacial score (nSPS) is 47.7. The highest BCUT2D eigenvalue weighted by Gasteiger charge is 2.50. The van der Waals surface area contributed by atoms with Crippen molar-refractivity contribution in [2.75, 3.05) is 28.3 Å². The predicted molar refractivity (Wildman–Crippen MR) is 163 cm³/mol. The van der Waals surface area contributed by atoms with Crippen LogP contribution >= 0.6 is 0 Å². The Morgan fingerprint density at radius 3 is 2.14 bits per heavy atom. The van der Waals surface area contributed by atoms with E-state index in [4.69, 9.17) is 18.9 Å². The van der Waals surface area contributed by atoms with Gasteiger partial charge in [-0.15, -0.1) is 0 Å². The van der Waals surface area contributed by atoms with E-state index in [1.54, 1.807) is 34.9 Å². The van der Waals surface area contributed by atoms with Crippen LogP contribution in [0.3, 0.4) is 0 Å². The lowest BCUT2D eigenvalue weighted by molar-refractivity contribution is -0.300. The van der Waals surface area contributed by atoms with E-state index in [0.29, 0.717) is 12.1 Å². The summed E-state index contributed by atoms with van der Waals surface area (Å²) in [6.07, 6.45) is -2.76. The molecule has 10 nitrogen and oxygen atoms in total. The van der Waals surface area contributed by atoms with Crippen molar-refractivity contribution < 1.29 is 39.1 Å². The Morgan fingerprint density at radius 1 is 1.05 bits per heavy atom. The molecule has 246 valence electrons. The molecule has 0 bridgehead atoms. The molecule has 0 amide bonds. The van der Waals surface area contributed by atoms with Gasteiger partial charge in [-0.1, -0.05) is 41.5 Å². The summed E-state index contributed by atoms with van der Waals surface area (Å²) < 4.78 is 24.9. The van der Waals surface area contributed by atoms with Gasteiger partial charge in [0.2, 0.25) is 0 Å². The van der Waals surface area contributed by atoms with E-state index in [9.17, 15) is 20.1 Å². The number of nitrogens with zero attached hydrogens (tertiary/aromatic N) is 2. The Balaban J connectivity index is 2.62. The molecular weight excluding hydrogens is 540 g/mol. The van der Waals surface area contributed by atoms with E-state index in [1.807, 2.05) is 48.7 Å². The van der Waals surface area contributed by atoms with Gasteiger partial charge in [-0.3, -0.25) is 9.79 Å². The Hall–Kier alpha value is -1.14. The van der Waals surface area contributed by atoms with Gasteiger partial charge in [0.25, 0.3) is 0 Å². The first-order chi connectivity index (χ1) is 19.3. The Bertz CT molecular complexity index is 909. The molecule has 2 heterocycles. The van der Waals surface area contributed by atoms with Crippen molar-refractivity contribution >= 4 is 11.7 Å². The number of carbonyl (C=O) groups is 1. The van der Waals surface area contributed by atoms with Gasteiger partial charge in [0, 0.05) is 31.8 Å². The number of likely N-dealkylation sites (N-methyl/N-ethyl adjacent to an activating group) is 1. The molecule has 14 atom stereocenters. The number of aliphatic hydroxyl groups excluding tert-OH is 1. The van der Waals surface area contributed by atoms with Gasteiger partial charge in [0.1, 0.15) is 17.8 Å². The lowest BCUT2D eigenvalue weighted by atomic mass is 9.72. The molecule has 0 aromatic carbocycles. The van der Waals surface area contributed by atoms with Gasteiger partial charge >= 0.3 is 5.97 Å². The maximum Gasteiger partial charge on any atom is 0.309 e. The molecule has 10 heteroatoms. The SMILES string of the molecule is CC[C@H]1OC(=O)[C@H](C)[C@@H](C)[C@H](C)[C@@H](O[C@@H]2O[C@H](C)C[C@H](N(C)C)[C@H]2OC)[C@](C)(O)C[C@@H](C)/C(=N\C)[C@H](C)[C@@H](O)[C@]1(C)O. The smallest absolute Gasteiger partial charge is 0.309 e. The highest BCUT2D eigenvalue weighted by atomic mass is 16.7. The minimum Gasteiger partial charge on any atom is -0.459 e. The number of esters is 1. The third-order valence-corrected chi connectivity index (χ3v) is 10.2. The molecule has 0 saturated carbocycles. The van der Waals surface area contributed by atoms with Crippen molar-refractivity contribution in [2.24, 2.45) is 34.6 Å². The molecule has 2 aliphatic rings. The van der Waals surface area contributed by atoms with Crippen LogP contribution in [0, 0.1) is 29.6 Å². The van der Waals surface area contributed by atoms with Crippen molar-refractivity contribution in [3.63, 3.8) is 0 Å². The van der Waals surface area contributed by atoms with Crippen molar-refractivity contribution in [3.8, 4) is 0 Å². The van der Waals surface area contributed by atoms with Gasteiger partial charge in [-0.25, -0.2) is 0 Å². The first-order valence-electron chi connectivity index (χ1n) is 15.6. The molecule has 2 fully saturated rings. The molecule has 2 rings (SSSR count). The van der Waals surface area contributed by atoms with Crippen molar-refractivity contribution in [1.29, 1.82) is 0 Å². The first kappa shape index (κ1) is 37.0. The van der Waals surface area contributed by atoms with Gasteiger partial charge in [-0.2, -0.15) is 0 Å². The number of ether oxygens (including phenoxy) is 4. The van der Waals surface area contributed by atoms with Gasteiger partial charge in [0.05, 0.1) is 29.8 Å². The second-order valence-corrected chi connectivity index (χ2v) is 13.7. The van der Waals surface area contributed by atoms with E-state index in [2.05, 4.69) is 9.89 Å². The van der Waals surface area contributed by atoms with Gasteiger partial charge in [-0.05, 0) is 71.9 Å². The monoisotopic (exact) mass is 600 g/mol. The molecule has 0 aromatic rings. The van der Waals surface area contributed by atoms with Gasteiger partial charge in [0.15, 0.2) is 6.29 Å². The predicted octanol–water partition coefficient (Wildman–Crippen LogP) is 3.29. The van der Waals surface area contributed by atoms with E-state index >= 15 is 0 Å². The van der Waals surface area contributed by atoms with Crippen LogP contribution in [0.5, 0.6) is 0 Å². The largest absolute Gasteiger partial charge is 0.459 e. The fourth-order valence-electron chi connectivity index (χ4n) is 7.26. The summed E-state index contributed by atoms with van der Waals surface area (Å²) in [5.41, 5.74) is -2.44. The minimum absolute atomic E-state index is 0.0488. The third-order valence-electron chi connectivity index (χ3n) is 10.2. The molecule has 0 aliphatic carbocycles. The second kappa shape index (κ2) is 14.8. The van der Waals surface area contributed by atoms with Crippen LogP contribution in [0.4, 0.5) is 0 Å². The van der Waals surface area contributed by atoms with Crippen molar-refractivity contribution in [1.82, 2.24) is 4.90 Å². The number of hydrogen-bond acceptors (Lipinski definition) is 10. The lowest BCUT2D eigenvalue weighted by Crippen LogP contribution is -2.59. The molecule has 3 N–H and O–H groups in total. The number of carbonyl (C=O) groups excluding carboxylic acids is 1. The topological polar surface area (TPSA) is 130 Å². The van der Waals surface area contributed by atoms with Crippen molar-refractivity contribution in [3.05, 3.63) is 0 Å². The molecule has 2 saturated heterocycles. The lowest BCUT2D eigenvalue weighted by Gasteiger charge is -2.48. The van der Waals surface area contributed by atoms with E-state index in [0.717, 1.165) is 6.42 Å². The second-order valence-electron chi connectivity index (χ2n) is 13.7. The summed E-state index contributed by atoms with van der Waals surface area (Å²) >= 11 is 0.